The predicted octanol–water partition coefficient (Wildman–Crippen LogP) is 6.84. The van der Waals surface area contributed by atoms with Gasteiger partial charge in [-0.2, -0.15) is 0 Å². The van der Waals surface area contributed by atoms with Crippen molar-refractivity contribution in [2.24, 2.45) is 0 Å². The van der Waals surface area contributed by atoms with Gasteiger partial charge in [-0.1, -0.05) is 97.2 Å². The monoisotopic (exact) mass is 728 g/mol. The lowest BCUT2D eigenvalue weighted by Gasteiger charge is -2.14. The maximum absolute atomic E-state index is 13.1. The Balaban J connectivity index is 1.30. The first-order valence-corrected chi connectivity index (χ1v) is 18.0. The summed E-state index contributed by atoms with van der Waals surface area (Å²) in [5, 5.41) is 17.6. The zero-order valence-electron chi connectivity index (χ0n) is 26.1. The minimum atomic E-state index is -0.826. The number of benzene rings is 2. The van der Waals surface area contributed by atoms with Crippen LogP contribution in [0.5, 0.6) is 11.5 Å². The summed E-state index contributed by atoms with van der Waals surface area (Å²) in [6.07, 6.45) is 7.62. The minimum absolute atomic E-state index is 0.111. The van der Waals surface area contributed by atoms with E-state index in [-0.39, 0.29) is 37.9 Å². The Morgan fingerprint density at radius 2 is 1.04 bits per heavy atom. The van der Waals surface area contributed by atoms with Crippen molar-refractivity contribution in [3.63, 3.8) is 0 Å². The van der Waals surface area contributed by atoms with Crippen molar-refractivity contribution in [1.29, 1.82) is 0 Å². The Hall–Kier alpha value is -3.72. The first-order chi connectivity index (χ1) is 23.1. The molecule has 4 rings (SSSR count). The number of carbonyl (C=O) groups is 4. The molecule has 2 fully saturated rings. The SMILES string of the molecule is O=C(O)CCCCCN1C(=O)/C(=C/c2ccccc2OCCOc2ccccc2/C=C2\SC(=S)N(CCCCCC(=O)O)C2=O)SC1=S. The van der Waals surface area contributed by atoms with Crippen LogP contribution in [0.25, 0.3) is 12.2 Å². The Morgan fingerprint density at radius 3 is 1.44 bits per heavy atom. The van der Waals surface area contributed by atoms with E-state index in [0.717, 1.165) is 11.1 Å². The molecule has 2 aliphatic rings. The van der Waals surface area contributed by atoms with E-state index in [1.54, 1.807) is 22.0 Å². The summed E-state index contributed by atoms with van der Waals surface area (Å²) in [7, 11) is 0. The number of carboxylic acids is 2. The van der Waals surface area contributed by atoms with Gasteiger partial charge in [0.2, 0.25) is 0 Å². The zero-order chi connectivity index (χ0) is 34.5. The van der Waals surface area contributed by atoms with Crippen LogP contribution in [0.15, 0.2) is 58.3 Å². The molecule has 0 radical (unpaired) electrons. The molecule has 2 amide bonds. The third kappa shape index (κ3) is 10.9. The molecule has 2 aromatic carbocycles. The van der Waals surface area contributed by atoms with Crippen LogP contribution in [-0.4, -0.2) is 78.7 Å². The van der Waals surface area contributed by atoms with Crippen molar-refractivity contribution in [1.82, 2.24) is 9.80 Å². The average Bonchev–Trinajstić information content (AvgIpc) is 3.47. The van der Waals surface area contributed by atoms with Gasteiger partial charge in [0.1, 0.15) is 33.4 Å². The number of carbonyl (C=O) groups excluding carboxylic acids is 2. The number of amides is 2. The molecule has 2 N–H and O–H groups in total. The summed E-state index contributed by atoms with van der Waals surface area (Å²) >= 11 is 13.3. The van der Waals surface area contributed by atoms with Gasteiger partial charge >= 0.3 is 11.9 Å². The van der Waals surface area contributed by atoms with E-state index in [2.05, 4.69) is 0 Å². The number of rotatable bonds is 19. The van der Waals surface area contributed by atoms with E-state index in [1.165, 1.54) is 23.5 Å². The van der Waals surface area contributed by atoms with Crippen molar-refractivity contribution in [2.75, 3.05) is 26.3 Å². The molecule has 0 bridgehead atoms. The maximum atomic E-state index is 13.1. The number of aliphatic carboxylic acids is 2. The van der Waals surface area contributed by atoms with Gasteiger partial charge < -0.3 is 19.7 Å². The number of nitrogens with zero attached hydrogens (tertiary/aromatic N) is 2. The van der Waals surface area contributed by atoms with Gasteiger partial charge in [0.25, 0.3) is 11.8 Å². The Kier molecular flexibility index (Phi) is 14.5. The summed E-state index contributed by atoms with van der Waals surface area (Å²) in [6, 6.07) is 14.8. The third-order valence-electron chi connectivity index (χ3n) is 7.30. The first-order valence-electron chi connectivity index (χ1n) is 15.5. The molecule has 2 saturated heterocycles. The van der Waals surface area contributed by atoms with E-state index < -0.39 is 11.9 Å². The van der Waals surface area contributed by atoms with Crippen LogP contribution < -0.4 is 9.47 Å². The topological polar surface area (TPSA) is 134 Å². The summed E-state index contributed by atoms with van der Waals surface area (Å²) in [6.45, 7) is 1.34. The van der Waals surface area contributed by atoms with Gasteiger partial charge in [-0.25, -0.2) is 0 Å². The fraction of sp³-hybridized carbons (Fsp3) is 0.353. The molecular weight excluding hydrogens is 693 g/mol. The fourth-order valence-corrected chi connectivity index (χ4v) is 7.48. The number of para-hydroxylation sites is 2. The molecule has 0 spiro atoms. The molecule has 0 aromatic heterocycles. The number of unbranched alkanes of at least 4 members (excludes halogenated alkanes) is 4. The van der Waals surface area contributed by atoms with E-state index in [0.29, 0.717) is 81.6 Å². The lowest BCUT2D eigenvalue weighted by Crippen LogP contribution is -2.29. The minimum Gasteiger partial charge on any atom is -0.489 e. The van der Waals surface area contributed by atoms with Crippen LogP contribution in [0.1, 0.15) is 62.5 Å². The van der Waals surface area contributed by atoms with Crippen LogP contribution in [0.4, 0.5) is 0 Å². The lowest BCUT2D eigenvalue weighted by molar-refractivity contribution is -0.138. The van der Waals surface area contributed by atoms with Gasteiger partial charge in [0.15, 0.2) is 0 Å². The largest absolute Gasteiger partial charge is 0.489 e. The average molecular weight is 729 g/mol. The van der Waals surface area contributed by atoms with Gasteiger partial charge in [-0.15, -0.1) is 0 Å². The third-order valence-corrected chi connectivity index (χ3v) is 10.1. The number of thiocarbonyl (C=S) groups is 2. The smallest absolute Gasteiger partial charge is 0.303 e. The number of hydrogen-bond acceptors (Lipinski definition) is 10. The van der Waals surface area contributed by atoms with Crippen molar-refractivity contribution in [2.45, 2.75) is 51.4 Å². The summed E-state index contributed by atoms with van der Waals surface area (Å²) in [5.74, 6) is -0.836. The second kappa shape index (κ2) is 18.7. The molecule has 0 atom stereocenters. The highest BCUT2D eigenvalue weighted by Gasteiger charge is 2.32. The molecule has 2 aliphatic heterocycles. The molecule has 10 nitrogen and oxygen atoms in total. The predicted molar refractivity (Wildman–Crippen MR) is 196 cm³/mol. The van der Waals surface area contributed by atoms with E-state index in [1.807, 2.05) is 48.5 Å². The van der Waals surface area contributed by atoms with Gasteiger partial charge in [-0.3, -0.25) is 29.0 Å². The highest BCUT2D eigenvalue weighted by molar-refractivity contribution is 8.27. The molecular formula is C34H36N2O8S4. The molecule has 0 aliphatic carbocycles. The highest BCUT2D eigenvalue weighted by Crippen LogP contribution is 2.36. The Labute approximate surface area is 298 Å². The summed E-state index contributed by atoms with van der Waals surface area (Å²) in [4.78, 5) is 51.7. The molecule has 14 heteroatoms. The summed E-state index contributed by atoms with van der Waals surface area (Å²) < 4.78 is 13.0. The number of thioether (sulfide) groups is 2. The normalized spacial score (nSPS) is 16.4. The van der Waals surface area contributed by atoms with Crippen LogP contribution in [0.3, 0.4) is 0 Å². The fourth-order valence-electron chi connectivity index (χ4n) is 4.88. The Morgan fingerprint density at radius 1 is 0.646 bits per heavy atom. The molecule has 254 valence electrons. The number of ether oxygens (including phenoxy) is 2. The van der Waals surface area contributed by atoms with Gasteiger partial charge in [0.05, 0.1) is 9.81 Å². The Bertz CT molecular complexity index is 1490. The van der Waals surface area contributed by atoms with E-state index in [9.17, 15) is 19.2 Å². The van der Waals surface area contributed by atoms with Crippen LogP contribution in [0, 0.1) is 0 Å². The van der Waals surface area contributed by atoms with Crippen LogP contribution in [-0.2, 0) is 19.2 Å². The molecule has 0 saturated carbocycles. The summed E-state index contributed by atoms with van der Waals surface area (Å²) in [5.41, 5.74) is 1.45. The molecule has 2 aromatic rings. The first kappa shape index (κ1) is 37.1. The van der Waals surface area contributed by atoms with Crippen molar-refractivity contribution in [3.05, 3.63) is 69.5 Å². The number of hydrogen-bond donors (Lipinski definition) is 2. The van der Waals surface area contributed by atoms with Crippen molar-refractivity contribution >= 4 is 92.5 Å². The molecule has 0 unspecified atom stereocenters. The number of carboxylic acid groups (broad SMARTS) is 2. The van der Waals surface area contributed by atoms with E-state index in [4.69, 9.17) is 44.1 Å². The van der Waals surface area contributed by atoms with Gasteiger partial charge in [-0.05, 0) is 50.0 Å². The highest BCUT2D eigenvalue weighted by atomic mass is 32.2. The second-order valence-corrected chi connectivity index (χ2v) is 14.2. The maximum Gasteiger partial charge on any atom is 0.303 e. The zero-order valence-corrected chi connectivity index (χ0v) is 29.4. The van der Waals surface area contributed by atoms with Gasteiger partial charge in [0, 0.05) is 37.1 Å². The van der Waals surface area contributed by atoms with E-state index >= 15 is 0 Å². The quantitative estimate of drug-likeness (QED) is 0.0892. The van der Waals surface area contributed by atoms with Crippen LogP contribution in [0.2, 0.25) is 0 Å². The lowest BCUT2D eigenvalue weighted by atomic mass is 10.1. The second-order valence-electron chi connectivity index (χ2n) is 10.8. The standard InChI is InChI=1S/C34H36N2O8S4/c37-29(38)15-3-1-9-17-35-31(41)27(47-33(35)45)21-23-11-5-7-13-25(23)43-19-20-44-26-14-8-6-12-24(26)22-28-32(42)36(34(46)48-28)18-10-2-4-16-30(39)40/h5-8,11-14,21-22H,1-4,9-10,15-20H2,(H,37,38)(H,39,40)/b27-21-,28-22-. The van der Waals surface area contributed by atoms with Crippen molar-refractivity contribution in [3.8, 4) is 11.5 Å². The van der Waals surface area contributed by atoms with Crippen LogP contribution >= 0.6 is 48.0 Å². The molecule has 48 heavy (non-hydrogen) atoms. The van der Waals surface area contributed by atoms with Crippen molar-refractivity contribution < 1.29 is 38.9 Å². The molecule has 2 heterocycles.